The number of benzene rings is 4. The fourth-order valence-corrected chi connectivity index (χ4v) is 6.40. The van der Waals surface area contributed by atoms with E-state index in [0.717, 1.165) is 46.3 Å². The first-order valence-electron chi connectivity index (χ1n) is 13.8. The third kappa shape index (κ3) is 7.23. The van der Waals surface area contributed by atoms with Crippen molar-refractivity contribution in [2.24, 2.45) is 5.10 Å². The minimum atomic E-state index is -4.68. The third-order valence-corrected chi connectivity index (χ3v) is 8.90. The molecule has 244 valence electrons. The zero-order valence-electron chi connectivity index (χ0n) is 24.2. The molecule has 0 radical (unpaired) electrons. The van der Waals surface area contributed by atoms with E-state index >= 15 is 0 Å². The van der Waals surface area contributed by atoms with Crippen molar-refractivity contribution < 1.29 is 36.1 Å². The Balaban J connectivity index is 1.53. The van der Waals surface area contributed by atoms with Crippen molar-refractivity contribution in [3.05, 3.63) is 134 Å². The summed E-state index contributed by atoms with van der Waals surface area (Å²) in [5, 5.41) is 17.2. The van der Waals surface area contributed by atoms with Gasteiger partial charge in [-0.2, -0.15) is 31.4 Å². The van der Waals surface area contributed by atoms with Gasteiger partial charge in [0.25, 0.3) is 11.6 Å². The highest BCUT2D eigenvalue weighted by molar-refractivity contribution is 8.01. The Bertz CT molecular complexity index is 1840. The van der Waals surface area contributed by atoms with Gasteiger partial charge in [-0.3, -0.25) is 19.9 Å². The van der Waals surface area contributed by atoms with Crippen LogP contribution < -0.4 is 4.31 Å². The summed E-state index contributed by atoms with van der Waals surface area (Å²) >= 11 is 6.71. The number of para-hydroxylation sites is 1. The molecule has 47 heavy (non-hydrogen) atoms. The Morgan fingerprint density at radius 1 is 0.957 bits per heavy atom. The predicted octanol–water partition coefficient (Wildman–Crippen LogP) is 9.00. The molecule has 0 saturated heterocycles. The molecular weight excluding hydrogens is 670 g/mol. The Morgan fingerprint density at radius 3 is 2.19 bits per heavy atom. The molecule has 1 unspecified atom stereocenters. The summed E-state index contributed by atoms with van der Waals surface area (Å²) in [4.78, 5) is 25.0. The number of hydrogen-bond donors (Lipinski definition) is 0. The molecule has 7 nitrogen and oxygen atoms in total. The molecule has 1 aliphatic rings. The monoisotopic (exact) mass is 692 g/mol. The number of carbonyl (C=O) groups is 1. The van der Waals surface area contributed by atoms with Crippen LogP contribution in [0.2, 0.25) is 5.02 Å². The highest BCUT2D eigenvalue weighted by Crippen LogP contribution is 2.40. The molecule has 0 aromatic heterocycles. The van der Waals surface area contributed by atoms with Crippen molar-refractivity contribution in [1.29, 1.82) is 0 Å². The van der Waals surface area contributed by atoms with Crippen molar-refractivity contribution in [2.75, 3.05) is 17.4 Å². The van der Waals surface area contributed by atoms with E-state index in [-0.39, 0.29) is 28.4 Å². The molecule has 5 rings (SSSR count). The van der Waals surface area contributed by atoms with E-state index in [9.17, 15) is 41.3 Å². The number of carbonyl (C=O) groups excluding carboxylic acids is 1. The van der Waals surface area contributed by atoms with Crippen LogP contribution in [0.3, 0.4) is 0 Å². The number of nitro benzene ring substituents is 1. The molecule has 0 bridgehead atoms. The first-order valence-corrected chi connectivity index (χ1v) is 14.9. The van der Waals surface area contributed by atoms with Gasteiger partial charge < -0.3 is 0 Å². The minimum Gasteiger partial charge on any atom is -0.286 e. The van der Waals surface area contributed by atoms with E-state index in [1.807, 2.05) is 19.1 Å². The number of hydrazone groups is 1. The number of nitro groups is 1. The maximum atomic E-state index is 13.9. The lowest BCUT2D eigenvalue weighted by Gasteiger charge is -2.28. The number of hydrogen-bond acceptors (Lipinski definition) is 6. The number of alkyl halides is 6. The lowest BCUT2D eigenvalue weighted by Crippen LogP contribution is -2.39. The van der Waals surface area contributed by atoms with Crippen molar-refractivity contribution >= 4 is 46.5 Å². The van der Waals surface area contributed by atoms with Crippen LogP contribution in [-0.4, -0.2) is 34.6 Å². The zero-order valence-corrected chi connectivity index (χ0v) is 25.8. The number of halogens is 7. The van der Waals surface area contributed by atoms with Crippen LogP contribution in [0.4, 0.5) is 37.7 Å². The average Bonchev–Trinajstić information content (AvgIpc) is 3.36. The SMILES string of the molecule is CC1(c2ccccc2)CN(CC(=O)N(Sc2ccccc2[N+](=O)[O-])c2ccc(C(F)(F)F)cc2)N=C1c1ccc(C(F)(F)F)c(Cl)c1. The Morgan fingerprint density at radius 2 is 1.60 bits per heavy atom. The second-order valence-electron chi connectivity index (χ2n) is 10.7. The van der Waals surface area contributed by atoms with Gasteiger partial charge in [0, 0.05) is 23.6 Å². The van der Waals surface area contributed by atoms with E-state index < -0.39 is 51.3 Å². The van der Waals surface area contributed by atoms with E-state index in [1.165, 1.54) is 35.3 Å². The van der Waals surface area contributed by atoms with Gasteiger partial charge in [0.1, 0.15) is 11.4 Å². The smallest absolute Gasteiger partial charge is 0.286 e. The van der Waals surface area contributed by atoms with Crippen LogP contribution in [0.25, 0.3) is 0 Å². The molecule has 0 spiro atoms. The molecule has 0 fully saturated rings. The van der Waals surface area contributed by atoms with Gasteiger partial charge in [-0.1, -0.05) is 60.1 Å². The highest BCUT2D eigenvalue weighted by Gasteiger charge is 2.43. The minimum absolute atomic E-state index is 0.0230. The molecule has 0 saturated carbocycles. The standard InChI is InChI=1S/C32H23ClF6N4O3S/c1-30(21-7-3-2-4-8-21)19-41(40-29(30)20-11-16-24(25(33)17-20)32(37,38)39)18-28(44)42(23-14-12-22(13-15-23)31(34,35)36)47-27-10-6-5-9-26(27)43(45)46/h2-17H,18-19H2,1H3. The predicted molar refractivity (Wildman–Crippen MR) is 166 cm³/mol. The first-order chi connectivity index (χ1) is 22.1. The van der Waals surface area contributed by atoms with Crippen LogP contribution in [0, 0.1) is 10.1 Å². The molecule has 1 aliphatic heterocycles. The summed E-state index contributed by atoms with van der Waals surface area (Å²) in [5.74, 6) is -0.682. The van der Waals surface area contributed by atoms with E-state index in [4.69, 9.17) is 11.6 Å². The fraction of sp³-hybridized carbons (Fsp3) is 0.188. The number of rotatable bonds is 8. The van der Waals surface area contributed by atoms with Gasteiger partial charge >= 0.3 is 12.4 Å². The molecule has 0 N–H and O–H groups in total. The molecule has 1 atom stereocenters. The first kappa shape index (κ1) is 33.8. The van der Waals surface area contributed by atoms with E-state index in [2.05, 4.69) is 5.10 Å². The Hall–Kier alpha value is -4.56. The zero-order chi connectivity index (χ0) is 34.1. The average molecular weight is 693 g/mol. The molecule has 15 heteroatoms. The number of amides is 1. The summed E-state index contributed by atoms with van der Waals surface area (Å²) in [7, 11) is 0. The van der Waals surface area contributed by atoms with Gasteiger partial charge in [0.15, 0.2) is 0 Å². The van der Waals surface area contributed by atoms with E-state index in [1.54, 1.807) is 18.2 Å². The molecule has 0 aliphatic carbocycles. The van der Waals surface area contributed by atoms with Crippen molar-refractivity contribution in [1.82, 2.24) is 5.01 Å². The maximum absolute atomic E-state index is 13.9. The number of nitrogens with zero attached hydrogens (tertiary/aromatic N) is 4. The van der Waals surface area contributed by atoms with Gasteiger partial charge in [-0.05, 0) is 55.0 Å². The van der Waals surface area contributed by atoms with Crippen LogP contribution in [0.15, 0.2) is 107 Å². The van der Waals surface area contributed by atoms with Crippen LogP contribution >= 0.6 is 23.5 Å². The molecule has 4 aromatic rings. The van der Waals surface area contributed by atoms with Crippen molar-refractivity contribution in [2.45, 2.75) is 29.6 Å². The van der Waals surface area contributed by atoms with Gasteiger partial charge in [-0.15, -0.1) is 0 Å². The van der Waals surface area contributed by atoms with Crippen LogP contribution in [0.1, 0.15) is 29.2 Å². The normalized spacial score (nSPS) is 16.6. The summed E-state index contributed by atoms with van der Waals surface area (Å²) in [5.41, 5.74) is -1.83. The van der Waals surface area contributed by atoms with E-state index in [0.29, 0.717) is 17.7 Å². The van der Waals surface area contributed by atoms with Crippen LogP contribution in [-0.2, 0) is 22.6 Å². The van der Waals surface area contributed by atoms with Gasteiger partial charge in [0.2, 0.25) is 0 Å². The lowest BCUT2D eigenvalue weighted by molar-refractivity contribution is -0.387. The van der Waals surface area contributed by atoms with Gasteiger partial charge in [-0.25, -0.2) is 4.31 Å². The summed E-state index contributed by atoms with van der Waals surface area (Å²) in [6.07, 6.45) is -9.32. The van der Waals surface area contributed by atoms with Gasteiger partial charge in [0.05, 0.1) is 44.4 Å². The summed E-state index contributed by atoms with van der Waals surface area (Å²) < 4.78 is 81.2. The third-order valence-electron chi connectivity index (χ3n) is 7.45. The molecule has 1 heterocycles. The molecular formula is C32H23ClF6N4O3S. The molecule has 4 aromatic carbocycles. The topological polar surface area (TPSA) is 79.0 Å². The highest BCUT2D eigenvalue weighted by atomic mass is 35.5. The Kier molecular flexibility index (Phi) is 9.29. The lowest BCUT2D eigenvalue weighted by atomic mass is 9.76. The molecule has 1 amide bonds. The Labute approximate surface area is 273 Å². The summed E-state index contributed by atoms with van der Waals surface area (Å²) in [6.45, 7) is 1.47. The fourth-order valence-electron chi connectivity index (χ4n) is 5.16. The second-order valence-corrected chi connectivity index (χ2v) is 12.1. The largest absolute Gasteiger partial charge is 0.417 e. The van der Waals surface area contributed by atoms with Crippen molar-refractivity contribution in [3.63, 3.8) is 0 Å². The second kappa shape index (κ2) is 12.9. The van der Waals surface area contributed by atoms with Crippen LogP contribution in [0.5, 0.6) is 0 Å². The summed E-state index contributed by atoms with van der Waals surface area (Å²) in [6, 6.07) is 21.6. The quantitative estimate of drug-likeness (QED) is 0.0797. The number of anilines is 1. The van der Waals surface area contributed by atoms with Crippen molar-refractivity contribution in [3.8, 4) is 0 Å². The maximum Gasteiger partial charge on any atom is 0.417 e.